The van der Waals surface area contributed by atoms with Crippen molar-refractivity contribution in [2.45, 2.75) is 70.0 Å². The summed E-state index contributed by atoms with van der Waals surface area (Å²) in [6.07, 6.45) is 10.5. The molecule has 0 radical (unpaired) electrons. The van der Waals surface area contributed by atoms with Crippen LogP contribution in [0.5, 0.6) is 0 Å². The fourth-order valence-electron chi connectivity index (χ4n) is 5.75. The van der Waals surface area contributed by atoms with Gasteiger partial charge in [0.05, 0.1) is 12.2 Å². The molecule has 6 unspecified atom stereocenters. The van der Waals surface area contributed by atoms with Gasteiger partial charge in [0.25, 0.3) is 0 Å². The summed E-state index contributed by atoms with van der Waals surface area (Å²) in [5.41, 5.74) is 3.51. The highest BCUT2D eigenvalue weighted by atomic mass is 16.3. The maximum absolute atomic E-state index is 10.1. The van der Waals surface area contributed by atoms with Gasteiger partial charge in [0.1, 0.15) is 0 Å². The zero-order valence-electron chi connectivity index (χ0n) is 11.7. The minimum Gasteiger partial charge on any atom is -0.393 e. The lowest BCUT2D eigenvalue weighted by molar-refractivity contribution is 0.0742. The number of aliphatic hydroxyl groups excluding tert-OH is 2. The highest BCUT2D eigenvalue weighted by Crippen LogP contribution is 2.55. The Bertz CT molecular complexity index is 400. The molecule has 0 saturated heterocycles. The first-order valence-electron chi connectivity index (χ1n) is 8.32. The zero-order chi connectivity index (χ0) is 13.0. The molecule has 106 valence electrons. The van der Waals surface area contributed by atoms with Crippen LogP contribution in [-0.2, 0) is 0 Å². The van der Waals surface area contributed by atoms with Gasteiger partial charge in [-0.25, -0.2) is 0 Å². The Balaban J connectivity index is 1.64. The van der Waals surface area contributed by atoms with Crippen molar-refractivity contribution in [1.29, 1.82) is 0 Å². The Morgan fingerprint density at radius 2 is 1.58 bits per heavy atom. The van der Waals surface area contributed by atoms with E-state index in [-0.39, 0.29) is 12.2 Å². The van der Waals surface area contributed by atoms with Gasteiger partial charge in [0.2, 0.25) is 0 Å². The molecule has 0 aromatic carbocycles. The van der Waals surface area contributed by atoms with Crippen molar-refractivity contribution >= 4 is 0 Å². The molecule has 4 rings (SSSR count). The highest BCUT2D eigenvalue weighted by molar-refractivity contribution is 5.28. The molecule has 2 N–H and O–H groups in total. The van der Waals surface area contributed by atoms with Gasteiger partial charge in [-0.05, 0) is 81.5 Å². The standard InChI is InChI=1S/C17H26O2/c18-11-2-4-12-10(9-11)1-3-14-13(12)5-6-16-15(14)7-8-17(16)19/h10-11,14-19H,1-9H2. The monoisotopic (exact) mass is 262 g/mol. The molecule has 0 aliphatic heterocycles. The quantitative estimate of drug-likeness (QED) is 0.659. The Labute approximate surface area is 115 Å². The third-order valence-electron chi connectivity index (χ3n) is 6.59. The molecule has 3 fully saturated rings. The molecule has 3 saturated carbocycles. The molecule has 2 nitrogen and oxygen atoms in total. The van der Waals surface area contributed by atoms with Crippen molar-refractivity contribution in [3.8, 4) is 0 Å². The molecule has 0 spiro atoms. The van der Waals surface area contributed by atoms with Crippen LogP contribution in [0.25, 0.3) is 0 Å². The van der Waals surface area contributed by atoms with Crippen molar-refractivity contribution < 1.29 is 10.2 Å². The normalized spacial score (nSPS) is 49.6. The van der Waals surface area contributed by atoms with Crippen LogP contribution in [0.3, 0.4) is 0 Å². The van der Waals surface area contributed by atoms with E-state index in [0.29, 0.717) is 11.8 Å². The van der Waals surface area contributed by atoms with Crippen molar-refractivity contribution in [1.82, 2.24) is 0 Å². The van der Waals surface area contributed by atoms with E-state index < -0.39 is 0 Å². The Hall–Kier alpha value is -0.340. The van der Waals surface area contributed by atoms with Gasteiger partial charge >= 0.3 is 0 Å². The van der Waals surface area contributed by atoms with E-state index in [0.717, 1.165) is 37.5 Å². The predicted octanol–water partition coefficient (Wildman–Crippen LogP) is 3.03. The molecule has 0 amide bonds. The van der Waals surface area contributed by atoms with Crippen LogP contribution in [0.1, 0.15) is 57.8 Å². The highest BCUT2D eigenvalue weighted by Gasteiger charge is 2.46. The van der Waals surface area contributed by atoms with Gasteiger partial charge in [0.15, 0.2) is 0 Å². The maximum Gasteiger partial charge on any atom is 0.0571 e. The molecular formula is C17H26O2. The average molecular weight is 262 g/mol. The molecular weight excluding hydrogens is 236 g/mol. The molecule has 19 heavy (non-hydrogen) atoms. The fraction of sp³-hybridized carbons (Fsp3) is 0.882. The number of rotatable bonds is 0. The number of aliphatic hydroxyl groups is 2. The fourth-order valence-corrected chi connectivity index (χ4v) is 5.75. The number of allylic oxidation sites excluding steroid dienone is 2. The van der Waals surface area contributed by atoms with Crippen LogP contribution in [0.4, 0.5) is 0 Å². The number of fused-ring (bicyclic) bond motifs is 4. The Morgan fingerprint density at radius 3 is 2.47 bits per heavy atom. The maximum atomic E-state index is 10.1. The third kappa shape index (κ3) is 1.91. The predicted molar refractivity (Wildman–Crippen MR) is 74.6 cm³/mol. The lowest BCUT2D eigenvalue weighted by Gasteiger charge is -2.45. The van der Waals surface area contributed by atoms with Crippen LogP contribution >= 0.6 is 0 Å². The molecule has 0 aromatic rings. The molecule has 4 aliphatic carbocycles. The molecule has 2 heteroatoms. The van der Waals surface area contributed by atoms with Gasteiger partial charge < -0.3 is 10.2 Å². The van der Waals surface area contributed by atoms with Crippen molar-refractivity contribution in [3.05, 3.63) is 11.1 Å². The second-order valence-corrected chi connectivity index (χ2v) is 7.37. The van der Waals surface area contributed by atoms with Crippen LogP contribution < -0.4 is 0 Å². The van der Waals surface area contributed by atoms with Crippen LogP contribution in [0.15, 0.2) is 11.1 Å². The van der Waals surface area contributed by atoms with Gasteiger partial charge in [-0.1, -0.05) is 11.1 Å². The summed E-state index contributed by atoms with van der Waals surface area (Å²) in [4.78, 5) is 0. The lowest BCUT2D eigenvalue weighted by atomic mass is 9.61. The first-order chi connectivity index (χ1) is 9.24. The second kappa shape index (κ2) is 4.60. The molecule has 0 bridgehead atoms. The number of hydrogen-bond donors (Lipinski definition) is 2. The largest absolute Gasteiger partial charge is 0.393 e. The van der Waals surface area contributed by atoms with E-state index in [2.05, 4.69) is 0 Å². The minimum atomic E-state index is -0.0458. The van der Waals surface area contributed by atoms with E-state index in [4.69, 9.17) is 0 Å². The molecule has 6 atom stereocenters. The minimum absolute atomic E-state index is 0.0116. The summed E-state index contributed by atoms with van der Waals surface area (Å²) in [6.45, 7) is 0. The summed E-state index contributed by atoms with van der Waals surface area (Å²) in [6, 6.07) is 0. The molecule has 0 aromatic heterocycles. The van der Waals surface area contributed by atoms with Crippen LogP contribution in [0, 0.1) is 23.7 Å². The molecule has 4 aliphatic rings. The van der Waals surface area contributed by atoms with E-state index in [1.807, 2.05) is 0 Å². The summed E-state index contributed by atoms with van der Waals surface area (Å²) >= 11 is 0. The SMILES string of the molecule is OC1CCC2=C3CCC4C(O)CCC4C3CCC2C1. The topological polar surface area (TPSA) is 40.5 Å². The van der Waals surface area contributed by atoms with Crippen molar-refractivity contribution in [2.24, 2.45) is 23.7 Å². The first-order valence-corrected chi connectivity index (χ1v) is 8.32. The smallest absolute Gasteiger partial charge is 0.0571 e. The Morgan fingerprint density at radius 1 is 0.737 bits per heavy atom. The Kier molecular flexibility index (Phi) is 3.00. The van der Waals surface area contributed by atoms with E-state index >= 15 is 0 Å². The second-order valence-electron chi connectivity index (χ2n) is 7.37. The van der Waals surface area contributed by atoms with E-state index in [1.54, 1.807) is 11.1 Å². The van der Waals surface area contributed by atoms with Gasteiger partial charge in [-0.2, -0.15) is 0 Å². The summed E-state index contributed by atoms with van der Waals surface area (Å²) in [5, 5.41) is 20.0. The first kappa shape index (κ1) is 12.4. The van der Waals surface area contributed by atoms with Gasteiger partial charge in [0, 0.05) is 0 Å². The summed E-state index contributed by atoms with van der Waals surface area (Å²) < 4.78 is 0. The van der Waals surface area contributed by atoms with Crippen molar-refractivity contribution in [2.75, 3.05) is 0 Å². The average Bonchev–Trinajstić information content (AvgIpc) is 2.80. The van der Waals surface area contributed by atoms with Gasteiger partial charge in [-0.3, -0.25) is 0 Å². The zero-order valence-corrected chi connectivity index (χ0v) is 11.7. The van der Waals surface area contributed by atoms with Crippen molar-refractivity contribution in [3.63, 3.8) is 0 Å². The lowest BCUT2D eigenvalue weighted by Crippen LogP contribution is -2.36. The van der Waals surface area contributed by atoms with E-state index in [1.165, 1.54) is 32.1 Å². The number of hydrogen-bond acceptors (Lipinski definition) is 2. The van der Waals surface area contributed by atoms with Gasteiger partial charge in [-0.15, -0.1) is 0 Å². The van der Waals surface area contributed by atoms with E-state index in [9.17, 15) is 10.2 Å². The third-order valence-corrected chi connectivity index (χ3v) is 6.59. The molecule has 0 heterocycles. The van der Waals surface area contributed by atoms with Crippen LogP contribution in [-0.4, -0.2) is 22.4 Å². The summed E-state index contributed by atoms with van der Waals surface area (Å²) in [7, 11) is 0. The van der Waals surface area contributed by atoms with Crippen LogP contribution in [0.2, 0.25) is 0 Å². The summed E-state index contributed by atoms with van der Waals surface area (Å²) in [5.74, 6) is 2.86.